The summed E-state index contributed by atoms with van der Waals surface area (Å²) in [7, 11) is 20.0. The van der Waals surface area contributed by atoms with Gasteiger partial charge in [-0.2, -0.15) is 0 Å². The number of fused-ring (bicyclic) bond motifs is 6. The van der Waals surface area contributed by atoms with Gasteiger partial charge >= 0.3 is 113 Å². The number of benzene rings is 6. The van der Waals surface area contributed by atoms with E-state index < -0.39 is 11.9 Å². The molecule has 12 aromatic rings. The van der Waals surface area contributed by atoms with E-state index in [0.29, 0.717) is 11.8 Å². The topological polar surface area (TPSA) is 102 Å². The largest absolute Gasteiger partial charge is 0 e. The maximum absolute atomic E-state index is 10.5. The zero-order chi connectivity index (χ0) is 55.8. The number of halogens is 4. The van der Waals surface area contributed by atoms with E-state index in [-0.39, 0.29) is 32.6 Å². The van der Waals surface area contributed by atoms with Crippen molar-refractivity contribution in [2.75, 3.05) is 0 Å². The molecule has 6 heterocycles. The predicted molar refractivity (Wildman–Crippen MR) is 329 cm³/mol. The third-order valence-corrected chi connectivity index (χ3v) is 13.0. The molecule has 2 N–H and O–H groups in total. The Balaban J connectivity index is 0.000000187. The van der Waals surface area contributed by atoms with Gasteiger partial charge in [-0.1, -0.05) is 112 Å². The van der Waals surface area contributed by atoms with Gasteiger partial charge in [0.15, 0.2) is 0 Å². The first-order valence-electron chi connectivity index (χ1n) is 26.1. The average molecular weight is 1550 g/mol. The van der Waals surface area contributed by atoms with E-state index in [4.69, 9.17) is 57.6 Å². The van der Waals surface area contributed by atoms with Crippen LogP contribution in [0.15, 0.2) is 200 Å². The first-order valence-corrected chi connectivity index (χ1v) is 53.3. The van der Waals surface area contributed by atoms with Crippen LogP contribution in [0.5, 0.6) is 11.5 Å². The standard InChI is InChI=1S/C32H27N3O.C32H26N3O.4ClH.2K.2Pt/c2*1-21(2)17-22-18-28(34-29(19-22)27-12-4-6-15-31(27)36)23-9-7-10-24(20-23)35-30-14-5-3-11-25(30)26-13-8-16-33-32(26)35;;;;;;;;/h3-16,18-21,36H,17H2,1-2H3;3-16,18-19,21,36H,17H2,1-2H3;4*1H;;;;/q;-1;;;;;;;;+4/p-4. The molecule has 0 radical (unpaired) electrons. The number of nitrogens with zero attached hydrogens (tertiary/aromatic N) is 6. The molecule has 0 saturated carbocycles. The number of aromatic nitrogens is 6. The normalized spacial score (nSPS) is 11.4. The van der Waals surface area contributed by atoms with Crippen LogP contribution < -0.4 is 0 Å². The Hall–Kier alpha value is -3.07. The van der Waals surface area contributed by atoms with E-state index in [1.165, 1.54) is 85.1 Å². The molecule has 0 fully saturated rings. The van der Waals surface area contributed by atoms with Crippen molar-refractivity contribution in [1.29, 1.82) is 0 Å². The Bertz CT molecular complexity index is 3730. The molecule has 16 heteroatoms. The molecule has 402 valence electrons. The number of para-hydroxylation sites is 4. The van der Waals surface area contributed by atoms with Gasteiger partial charge in [0, 0.05) is 77.4 Å². The molecule has 0 aliphatic rings. The first kappa shape index (κ1) is 63.0. The third-order valence-electron chi connectivity index (χ3n) is 13.0. The summed E-state index contributed by atoms with van der Waals surface area (Å²) in [6, 6.07) is 66.5. The molecule has 12 rings (SSSR count). The molecule has 8 nitrogen and oxygen atoms in total. The summed E-state index contributed by atoms with van der Waals surface area (Å²) < 4.78 is 4.38. The SMILES string of the molecule is CC(C)Cc1cc(-c2[c-]c(-n3c4ccccc4c4cccnc43)ccc2)nc(-c2ccccc2O)c1.CC(C)Cc1cc(-c2cccc(-n3c4ccccc4c4cccnc43)c2)nc(-c2ccccc2O)c1.[Cl][Pt]([Cl])([Cl])[Cl].[K][K].[Pt]. The van der Waals surface area contributed by atoms with E-state index in [1.807, 2.05) is 73.1 Å². The summed E-state index contributed by atoms with van der Waals surface area (Å²) in [4.78, 5) is 19.4. The van der Waals surface area contributed by atoms with Crippen molar-refractivity contribution in [3.63, 3.8) is 0 Å². The number of aromatic hydroxyl groups is 2. The van der Waals surface area contributed by atoms with E-state index in [9.17, 15) is 10.2 Å². The molecule has 6 aromatic carbocycles. The predicted octanol–water partition coefficient (Wildman–Crippen LogP) is 17.4. The molecular formula is C64H53Cl4K2N6O2Pt2-. The second kappa shape index (κ2) is 29.2. The van der Waals surface area contributed by atoms with Crippen LogP contribution in [0.4, 0.5) is 0 Å². The Morgan fingerprint density at radius 2 is 0.925 bits per heavy atom. The van der Waals surface area contributed by atoms with Crippen molar-refractivity contribution in [1.82, 2.24) is 29.1 Å². The van der Waals surface area contributed by atoms with Gasteiger partial charge in [-0.15, -0.1) is 29.8 Å². The minimum absolute atomic E-state index is 0. The molecule has 0 spiro atoms. The van der Waals surface area contributed by atoms with Crippen molar-refractivity contribution >= 4 is 145 Å². The van der Waals surface area contributed by atoms with E-state index in [1.54, 1.807) is 12.1 Å². The van der Waals surface area contributed by atoms with Gasteiger partial charge in [-0.3, -0.25) is 9.55 Å². The smallest absolute Gasteiger partial charge is 0 e. The number of rotatable bonds is 10. The Labute approximate surface area is 545 Å². The summed E-state index contributed by atoms with van der Waals surface area (Å²) >= 11 is -0.556. The Kier molecular flexibility index (Phi) is 22.9. The molecule has 6 aromatic heterocycles. The van der Waals surface area contributed by atoms with Crippen LogP contribution in [0.25, 0.3) is 100 Å². The zero-order valence-corrected chi connectivity index (χ0v) is 58.7. The number of phenolic OH excluding ortho intramolecular Hbond substituents is 2. The summed E-state index contributed by atoms with van der Waals surface area (Å²) in [5, 5.41) is 25.6. The fourth-order valence-electron chi connectivity index (χ4n) is 9.93. The number of hydrogen-bond acceptors (Lipinski definition) is 6. The van der Waals surface area contributed by atoms with Crippen LogP contribution in [0.3, 0.4) is 0 Å². The van der Waals surface area contributed by atoms with Crippen LogP contribution in [-0.2, 0) is 45.8 Å². The molecule has 0 aliphatic carbocycles. The van der Waals surface area contributed by atoms with E-state index in [0.717, 1.165) is 102 Å². The monoisotopic (exact) mass is 1550 g/mol. The van der Waals surface area contributed by atoms with Gasteiger partial charge in [-0.25, -0.2) is 15.0 Å². The summed E-state index contributed by atoms with van der Waals surface area (Å²) in [5.41, 5.74) is 15.1. The van der Waals surface area contributed by atoms with Crippen LogP contribution in [0.2, 0.25) is 0 Å². The fraction of sp³-hybridized carbons (Fsp3) is 0.125. The van der Waals surface area contributed by atoms with E-state index in [2.05, 4.69) is 158 Å². The fourth-order valence-corrected chi connectivity index (χ4v) is 9.93. The first-order chi connectivity index (χ1) is 38.2. The summed E-state index contributed by atoms with van der Waals surface area (Å²) in [6.07, 6.45) is 5.54. The van der Waals surface area contributed by atoms with Crippen LogP contribution in [0.1, 0.15) is 38.8 Å². The second-order valence-electron chi connectivity index (χ2n) is 19.4. The average Bonchev–Trinajstić information content (AvgIpc) is 3.96. The van der Waals surface area contributed by atoms with Crippen LogP contribution >= 0.6 is 37.7 Å². The maximum Gasteiger partial charge on any atom is 0 e. The van der Waals surface area contributed by atoms with Gasteiger partial charge in [0.25, 0.3) is 0 Å². The molecule has 0 unspecified atom stereocenters. The molecule has 0 bridgehead atoms. The number of hydrogen-bond donors (Lipinski definition) is 2. The molecule has 80 heavy (non-hydrogen) atoms. The van der Waals surface area contributed by atoms with Gasteiger partial charge < -0.3 is 14.8 Å². The summed E-state index contributed by atoms with van der Waals surface area (Å²) in [6.45, 7) is 8.86. The van der Waals surface area contributed by atoms with Gasteiger partial charge in [-0.05, 0) is 133 Å². The molecule has 0 amide bonds. The van der Waals surface area contributed by atoms with Crippen molar-refractivity contribution in [2.45, 2.75) is 40.5 Å². The Morgan fingerprint density at radius 1 is 0.487 bits per heavy atom. The number of pyridine rings is 4. The molecule has 0 saturated heterocycles. The van der Waals surface area contributed by atoms with Crippen molar-refractivity contribution in [2.24, 2.45) is 11.8 Å². The minimum atomic E-state index is -3.06. The quantitative estimate of drug-likeness (QED) is 0.104. The van der Waals surface area contributed by atoms with Crippen molar-refractivity contribution in [3.8, 4) is 67.9 Å². The molecule has 0 atom stereocenters. The van der Waals surface area contributed by atoms with Crippen LogP contribution in [-0.4, -0.2) is 102 Å². The molecular weight excluding hydrogens is 1490 g/mol. The van der Waals surface area contributed by atoms with E-state index >= 15 is 0 Å². The third kappa shape index (κ3) is 15.4. The Morgan fingerprint density at radius 3 is 1.46 bits per heavy atom. The van der Waals surface area contributed by atoms with Gasteiger partial charge in [0.05, 0.1) is 28.1 Å². The maximum atomic E-state index is 10.5. The second-order valence-corrected chi connectivity index (χ2v) is 39.1. The number of phenols is 2. The van der Waals surface area contributed by atoms with Crippen molar-refractivity contribution in [3.05, 3.63) is 218 Å². The van der Waals surface area contributed by atoms with Gasteiger partial charge in [0.2, 0.25) is 0 Å². The van der Waals surface area contributed by atoms with Crippen molar-refractivity contribution < 1.29 is 43.2 Å². The molecule has 0 aliphatic heterocycles. The van der Waals surface area contributed by atoms with Gasteiger partial charge in [0.1, 0.15) is 22.8 Å². The van der Waals surface area contributed by atoms with Crippen LogP contribution in [0, 0.1) is 17.9 Å². The minimum Gasteiger partial charge on any atom is 0 e. The summed E-state index contributed by atoms with van der Waals surface area (Å²) in [5.74, 6) is 1.47. The zero-order valence-electron chi connectivity index (χ0n) is 44.8.